The van der Waals surface area contributed by atoms with Crippen LogP contribution in [0.3, 0.4) is 0 Å². The molecule has 0 fully saturated rings. The van der Waals surface area contributed by atoms with Gasteiger partial charge in [0.25, 0.3) is 0 Å². The van der Waals surface area contributed by atoms with E-state index in [9.17, 15) is 4.79 Å². The van der Waals surface area contributed by atoms with Crippen molar-refractivity contribution in [2.24, 2.45) is 5.73 Å². The molecular formula is C12H17N3O2. The summed E-state index contributed by atoms with van der Waals surface area (Å²) in [7, 11) is 1.54. The largest absolute Gasteiger partial charge is 0.383 e. The Hall–Kier alpha value is -1.46. The lowest BCUT2D eigenvalue weighted by Gasteiger charge is -2.30. The standard InChI is InChI=1S/C12H17N3O2/c1-17-8-10(13)12(16)15-6-4-11-9(7-15)3-2-5-14-11/h2-3,5,10H,4,6-8,13H2,1H3. The molecule has 1 aromatic rings. The van der Waals surface area contributed by atoms with E-state index in [1.165, 1.54) is 0 Å². The van der Waals surface area contributed by atoms with Gasteiger partial charge >= 0.3 is 0 Å². The summed E-state index contributed by atoms with van der Waals surface area (Å²) in [6.45, 7) is 1.54. The van der Waals surface area contributed by atoms with Gasteiger partial charge < -0.3 is 15.4 Å². The van der Waals surface area contributed by atoms with Gasteiger partial charge in [0.15, 0.2) is 0 Å². The molecule has 0 radical (unpaired) electrons. The van der Waals surface area contributed by atoms with Crippen molar-refractivity contribution in [1.29, 1.82) is 0 Å². The van der Waals surface area contributed by atoms with Gasteiger partial charge in [-0.3, -0.25) is 9.78 Å². The molecule has 5 heteroatoms. The average Bonchev–Trinajstić information content (AvgIpc) is 2.37. The Morgan fingerprint density at radius 3 is 3.29 bits per heavy atom. The van der Waals surface area contributed by atoms with Crippen LogP contribution >= 0.6 is 0 Å². The summed E-state index contributed by atoms with van der Waals surface area (Å²) in [4.78, 5) is 18.1. The number of aromatic nitrogens is 1. The predicted octanol–water partition coefficient (Wildman–Crippen LogP) is -0.0600. The molecule has 2 rings (SSSR count). The maximum Gasteiger partial charge on any atom is 0.242 e. The second kappa shape index (κ2) is 5.25. The second-order valence-electron chi connectivity index (χ2n) is 4.18. The fourth-order valence-electron chi connectivity index (χ4n) is 2.04. The van der Waals surface area contributed by atoms with Gasteiger partial charge in [0.2, 0.25) is 5.91 Å². The predicted molar refractivity (Wildman–Crippen MR) is 63.2 cm³/mol. The highest BCUT2D eigenvalue weighted by Crippen LogP contribution is 2.16. The number of rotatable bonds is 3. The molecule has 0 spiro atoms. The van der Waals surface area contributed by atoms with Gasteiger partial charge in [0.05, 0.1) is 6.61 Å². The summed E-state index contributed by atoms with van der Waals surface area (Å²) >= 11 is 0. The molecule has 0 bridgehead atoms. The smallest absolute Gasteiger partial charge is 0.242 e. The molecule has 0 aliphatic carbocycles. The summed E-state index contributed by atoms with van der Waals surface area (Å²) in [5, 5.41) is 0. The molecule has 2 N–H and O–H groups in total. The first-order chi connectivity index (χ1) is 8.22. The van der Waals surface area contributed by atoms with Crippen LogP contribution in [0, 0.1) is 0 Å². The Morgan fingerprint density at radius 1 is 1.71 bits per heavy atom. The van der Waals surface area contributed by atoms with E-state index in [1.54, 1.807) is 18.2 Å². The van der Waals surface area contributed by atoms with Crippen molar-refractivity contribution >= 4 is 5.91 Å². The van der Waals surface area contributed by atoms with E-state index in [0.29, 0.717) is 13.1 Å². The number of pyridine rings is 1. The number of carbonyl (C=O) groups is 1. The number of hydrogen-bond donors (Lipinski definition) is 1. The number of fused-ring (bicyclic) bond motifs is 1. The van der Waals surface area contributed by atoms with Crippen LogP contribution in [0.5, 0.6) is 0 Å². The maximum absolute atomic E-state index is 12.0. The van der Waals surface area contributed by atoms with Crippen LogP contribution in [-0.4, -0.2) is 42.1 Å². The highest BCUT2D eigenvalue weighted by atomic mass is 16.5. The molecule has 17 heavy (non-hydrogen) atoms. The molecule has 2 heterocycles. The molecule has 0 aromatic carbocycles. The Bertz CT molecular complexity index is 408. The van der Waals surface area contributed by atoms with E-state index in [1.807, 2.05) is 12.1 Å². The van der Waals surface area contributed by atoms with E-state index in [-0.39, 0.29) is 12.5 Å². The molecule has 1 aliphatic rings. The molecule has 1 unspecified atom stereocenters. The van der Waals surface area contributed by atoms with Crippen molar-refractivity contribution in [1.82, 2.24) is 9.88 Å². The van der Waals surface area contributed by atoms with Crippen LogP contribution in [0.4, 0.5) is 0 Å². The van der Waals surface area contributed by atoms with Crippen LogP contribution in [0.1, 0.15) is 11.3 Å². The highest BCUT2D eigenvalue weighted by molar-refractivity contribution is 5.82. The molecule has 1 atom stereocenters. The molecule has 0 saturated heterocycles. The Kier molecular flexibility index (Phi) is 3.71. The number of ether oxygens (including phenoxy) is 1. The van der Waals surface area contributed by atoms with Crippen molar-refractivity contribution in [2.45, 2.75) is 19.0 Å². The quantitative estimate of drug-likeness (QED) is 0.797. The molecule has 92 valence electrons. The first-order valence-electron chi connectivity index (χ1n) is 5.68. The first-order valence-corrected chi connectivity index (χ1v) is 5.68. The van der Waals surface area contributed by atoms with Crippen LogP contribution in [0.15, 0.2) is 18.3 Å². The third-order valence-corrected chi connectivity index (χ3v) is 2.94. The lowest BCUT2D eigenvalue weighted by atomic mass is 10.1. The summed E-state index contributed by atoms with van der Waals surface area (Å²) in [6, 6.07) is 3.32. The molecular weight excluding hydrogens is 218 g/mol. The van der Waals surface area contributed by atoms with Crippen molar-refractivity contribution in [3.05, 3.63) is 29.6 Å². The maximum atomic E-state index is 12.0. The normalized spacial score (nSPS) is 16.5. The van der Waals surface area contributed by atoms with Crippen LogP contribution in [-0.2, 0) is 22.5 Å². The van der Waals surface area contributed by atoms with Gasteiger partial charge in [-0.2, -0.15) is 0 Å². The van der Waals surface area contributed by atoms with Crippen molar-refractivity contribution in [3.8, 4) is 0 Å². The van der Waals surface area contributed by atoms with Crippen LogP contribution < -0.4 is 5.73 Å². The Morgan fingerprint density at radius 2 is 2.53 bits per heavy atom. The molecule has 5 nitrogen and oxygen atoms in total. The van der Waals surface area contributed by atoms with Crippen LogP contribution in [0.2, 0.25) is 0 Å². The zero-order valence-corrected chi connectivity index (χ0v) is 9.93. The zero-order chi connectivity index (χ0) is 12.3. The summed E-state index contributed by atoms with van der Waals surface area (Å²) in [5.74, 6) is -0.0543. The third-order valence-electron chi connectivity index (χ3n) is 2.94. The lowest BCUT2D eigenvalue weighted by Crippen LogP contribution is -2.47. The van der Waals surface area contributed by atoms with Gasteiger partial charge in [0, 0.05) is 38.5 Å². The summed E-state index contributed by atoms with van der Waals surface area (Å²) in [5.41, 5.74) is 7.94. The fraction of sp³-hybridized carbons (Fsp3) is 0.500. The number of carbonyl (C=O) groups excluding carboxylic acids is 1. The minimum Gasteiger partial charge on any atom is -0.383 e. The molecule has 1 aromatic heterocycles. The second-order valence-corrected chi connectivity index (χ2v) is 4.18. The zero-order valence-electron chi connectivity index (χ0n) is 9.93. The number of nitrogens with two attached hydrogens (primary N) is 1. The van der Waals surface area contributed by atoms with Gasteiger partial charge in [-0.1, -0.05) is 6.07 Å². The van der Waals surface area contributed by atoms with Gasteiger partial charge in [-0.25, -0.2) is 0 Å². The fourth-order valence-corrected chi connectivity index (χ4v) is 2.04. The Labute approximate surface area is 101 Å². The topological polar surface area (TPSA) is 68.5 Å². The minimum atomic E-state index is -0.571. The van der Waals surface area contributed by atoms with Gasteiger partial charge in [0.1, 0.15) is 6.04 Å². The Balaban J connectivity index is 2.05. The average molecular weight is 235 g/mol. The van der Waals surface area contributed by atoms with E-state index in [0.717, 1.165) is 17.7 Å². The van der Waals surface area contributed by atoms with Crippen molar-refractivity contribution in [3.63, 3.8) is 0 Å². The van der Waals surface area contributed by atoms with E-state index in [4.69, 9.17) is 10.5 Å². The molecule has 1 aliphatic heterocycles. The monoisotopic (exact) mass is 235 g/mol. The van der Waals surface area contributed by atoms with E-state index < -0.39 is 6.04 Å². The minimum absolute atomic E-state index is 0.0543. The van der Waals surface area contributed by atoms with E-state index >= 15 is 0 Å². The lowest BCUT2D eigenvalue weighted by molar-refractivity contribution is -0.134. The number of hydrogen-bond acceptors (Lipinski definition) is 4. The van der Waals surface area contributed by atoms with Gasteiger partial charge in [-0.15, -0.1) is 0 Å². The first kappa shape index (κ1) is 12.0. The SMILES string of the molecule is COCC(N)C(=O)N1CCc2ncccc2C1. The summed E-state index contributed by atoms with van der Waals surface area (Å²) in [6.07, 6.45) is 2.58. The highest BCUT2D eigenvalue weighted by Gasteiger charge is 2.25. The third kappa shape index (κ3) is 2.62. The number of amides is 1. The van der Waals surface area contributed by atoms with Crippen molar-refractivity contribution in [2.75, 3.05) is 20.3 Å². The summed E-state index contributed by atoms with van der Waals surface area (Å²) < 4.78 is 4.90. The van der Waals surface area contributed by atoms with Crippen LogP contribution in [0.25, 0.3) is 0 Å². The van der Waals surface area contributed by atoms with Crippen molar-refractivity contribution < 1.29 is 9.53 Å². The molecule has 1 amide bonds. The number of nitrogens with zero attached hydrogens (tertiary/aromatic N) is 2. The molecule has 0 saturated carbocycles. The number of methoxy groups -OCH3 is 1. The van der Waals surface area contributed by atoms with E-state index in [2.05, 4.69) is 4.98 Å². The van der Waals surface area contributed by atoms with Gasteiger partial charge in [-0.05, 0) is 11.6 Å².